The molecule has 3 aromatic rings. The molecule has 0 radical (unpaired) electrons. The SMILES string of the molecule is COC(=O)N1[C@@H]2C=C[C@H]1C1(O[C@H](c3ccccc3)[C@@H](c3ccccc3)O1)[C@H]2S(=O)(=O)c1ccccc1. The van der Waals surface area contributed by atoms with Crippen molar-refractivity contribution in [2.24, 2.45) is 0 Å². The highest BCUT2D eigenvalue weighted by atomic mass is 32.2. The number of amides is 1. The zero-order valence-corrected chi connectivity index (χ0v) is 20.3. The maximum Gasteiger partial charge on any atom is 0.410 e. The van der Waals surface area contributed by atoms with E-state index in [9.17, 15) is 13.2 Å². The molecule has 0 saturated carbocycles. The van der Waals surface area contributed by atoms with Crippen LogP contribution in [-0.2, 0) is 24.0 Å². The van der Waals surface area contributed by atoms with E-state index in [-0.39, 0.29) is 4.90 Å². The summed E-state index contributed by atoms with van der Waals surface area (Å²) < 4.78 is 46.8. The Balaban J connectivity index is 1.53. The lowest BCUT2D eigenvalue weighted by Gasteiger charge is -2.35. The van der Waals surface area contributed by atoms with Gasteiger partial charge in [-0.3, -0.25) is 4.90 Å². The number of rotatable bonds is 4. The molecule has 6 rings (SSSR count). The molecule has 1 spiro atoms. The molecule has 3 heterocycles. The molecule has 2 fully saturated rings. The van der Waals surface area contributed by atoms with Crippen LogP contribution in [0.2, 0.25) is 0 Å². The Morgan fingerprint density at radius 2 is 1.31 bits per heavy atom. The normalized spacial score (nSPS) is 28.0. The van der Waals surface area contributed by atoms with Crippen molar-refractivity contribution in [1.29, 1.82) is 0 Å². The van der Waals surface area contributed by atoms with Crippen LogP contribution in [0.4, 0.5) is 4.79 Å². The van der Waals surface area contributed by atoms with Crippen molar-refractivity contribution < 1.29 is 27.4 Å². The number of nitrogens with zero attached hydrogens (tertiary/aromatic N) is 1. The minimum absolute atomic E-state index is 0.145. The van der Waals surface area contributed by atoms with E-state index in [0.29, 0.717) is 0 Å². The molecule has 2 bridgehead atoms. The third-order valence-electron chi connectivity index (χ3n) is 7.18. The van der Waals surface area contributed by atoms with E-state index in [0.717, 1.165) is 11.1 Å². The van der Waals surface area contributed by atoms with Crippen LogP contribution in [0.3, 0.4) is 0 Å². The molecule has 0 unspecified atom stereocenters. The second-order valence-electron chi connectivity index (χ2n) is 9.10. The number of hydrogen-bond acceptors (Lipinski definition) is 6. The zero-order valence-electron chi connectivity index (χ0n) is 19.5. The van der Waals surface area contributed by atoms with Gasteiger partial charge < -0.3 is 14.2 Å². The summed E-state index contributed by atoms with van der Waals surface area (Å²) in [7, 11) is -2.72. The first kappa shape index (κ1) is 23.0. The molecule has 0 N–H and O–H groups in total. The van der Waals surface area contributed by atoms with Crippen molar-refractivity contribution in [1.82, 2.24) is 4.90 Å². The monoisotopic (exact) mass is 503 g/mol. The quantitative estimate of drug-likeness (QED) is 0.490. The second-order valence-corrected chi connectivity index (χ2v) is 11.2. The lowest BCUT2D eigenvalue weighted by atomic mass is 9.99. The van der Waals surface area contributed by atoms with Crippen molar-refractivity contribution in [3.8, 4) is 0 Å². The number of benzene rings is 3. The summed E-state index contributed by atoms with van der Waals surface area (Å²) in [4.78, 5) is 14.4. The molecule has 3 aliphatic heterocycles. The van der Waals surface area contributed by atoms with Crippen LogP contribution in [0, 0.1) is 0 Å². The Morgan fingerprint density at radius 1 is 0.806 bits per heavy atom. The third-order valence-corrected chi connectivity index (χ3v) is 9.38. The van der Waals surface area contributed by atoms with Gasteiger partial charge in [0.05, 0.1) is 18.0 Å². The first-order valence-corrected chi connectivity index (χ1v) is 13.3. The van der Waals surface area contributed by atoms with Gasteiger partial charge in [-0.1, -0.05) is 91.0 Å². The van der Waals surface area contributed by atoms with Gasteiger partial charge in [-0.15, -0.1) is 0 Å². The Kier molecular flexibility index (Phi) is 5.48. The number of sulfone groups is 1. The van der Waals surface area contributed by atoms with Gasteiger partial charge in [0.1, 0.15) is 23.5 Å². The van der Waals surface area contributed by atoms with Crippen LogP contribution in [0.25, 0.3) is 0 Å². The topological polar surface area (TPSA) is 82.1 Å². The fourth-order valence-electron chi connectivity index (χ4n) is 5.66. The van der Waals surface area contributed by atoms with Crippen LogP contribution >= 0.6 is 0 Å². The predicted molar refractivity (Wildman–Crippen MR) is 132 cm³/mol. The molecule has 3 aromatic carbocycles. The van der Waals surface area contributed by atoms with Crippen molar-refractivity contribution in [3.05, 3.63) is 114 Å². The average molecular weight is 504 g/mol. The van der Waals surface area contributed by atoms with E-state index in [2.05, 4.69) is 0 Å². The van der Waals surface area contributed by atoms with Crippen LogP contribution in [-0.4, -0.2) is 49.6 Å². The third kappa shape index (κ3) is 3.32. The van der Waals surface area contributed by atoms with Gasteiger partial charge in [-0.05, 0) is 23.3 Å². The molecule has 2 saturated heterocycles. The highest BCUT2D eigenvalue weighted by Gasteiger charge is 2.73. The Morgan fingerprint density at radius 3 is 1.81 bits per heavy atom. The first-order chi connectivity index (χ1) is 17.5. The molecule has 1 amide bonds. The predicted octanol–water partition coefficient (Wildman–Crippen LogP) is 4.44. The van der Waals surface area contributed by atoms with Gasteiger partial charge in [0, 0.05) is 0 Å². The summed E-state index contributed by atoms with van der Waals surface area (Å²) in [5.41, 5.74) is 1.71. The molecule has 0 aliphatic carbocycles. The lowest BCUT2D eigenvalue weighted by molar-refractivity contribution is -0.178. The summed E-state index contributed by atoms with van der Waals surface area (Å²) in [5.74, 6) is -1.64. The number of carbonyl (C=O) groups is 1. The molecule has 184 valence electrons. The van der Waals surface area contributed by atoms with Crippen LogP contribution < -0.4 is 0 Å². The summed E-state index contributed by atoms with van der Waals surface area (Å²) in [6, 6.07) is 25.8. The lowest BCUT2D eigenvalue weighted by Crippen LogP contribution is -2.54. The number of hydrogen-bond donors (Lipinski definition) is 0. The molecule has 0 aromatic heterocycles. The maximum absolute atomic E-state index is 14.2. The minimum atomic E-state index is -4.00. The summed E-state index contributed by atoms with van der Waals surface area (Å²) in [5, 5.41) is -1.19. The van der Waals surface area contributed by atoms with E-state index in [4.69, 9.17) is 14.2 Å². The van der Waals surface area contributed by atoms with Gasteiger partial charge in [0.15, 0.2) is 9.84 Å². The van der Waals surface area contributed by atoms with Gasteiger partial charge in [0.2, 0.25) is 5.79 Å². The molecule has 36 heavy (non-hydrogen) atoms. The smallest absolute Gasteiger partial charge is 0.410 e. The molecule has 7 nitrogen and oxygen atoms in total. The van der Waals surface area contributed by atoms with Gasteiger partial charge >= 0.3 is 6.09 Å². The van der Waals surface area contributed by atoms with Crippen LogP contribution in [0.15, 0.2) is 108 Å². The van der Waals surface area contributed by atoms with Crippen molar-refractivity contribution in [3.63, 3.8) is 0 Å². The average Bonchev–Trinajstić information content (AvgIpc) is 3.60. The highest BCUT2D eigenvalue weighted by Crippen LogP contribution is 2.58. The van der Waals surface area contributed by atoms with Crippen LogP contribution in [0.1, 0.15) is 23.3 Å². The van der Waals surface area contributed by atoms with Crippen molar-refractivity contribution in [2.75, 3.05) is 7.11 Å². The minimum Gasteiger partial charge on any atom is -0.453 e. The van der Waals surface area contributed by atoms with E-state index in [1.807, 2.05) is 60.7 Å². The van der Waals surface area contributed by atoms with Crippen molar-refractivity contribution in [2.45, 2.75) is 40.2 Å². The van der Waals surface area contributed by atoms with E-state index >= 15 is 0 Å². The number of ether oxygens (including phenoxy) is 3. The number of methoxy groups -OCH3 is 1. The molecule has 8 heteroatoms. The van der Waals surface area contributed by atoms with E-state index < -0.39 is 51.3 Å². The number of carbonyl (C=O) groups excluding carboxylic acids is 1. The largest absolute Gasteiger partial charge is 0.453 e. The second kappa shape index (κ2) is 8.58. The fraction of sp³-hybridized carbons (Fsp3) is 0.250. The Hall–Kier alpha value is -3.46. The van der Waals surface area contributed by atoms with Crippen molar-refractivity contribution >= 4 is 15.9 Å². The van der Waals surface area contributed by atoms with Gasteiger partial charge in [0.25, 0.3) is 0 Å². The molecule has 5 atom stereocenters. The van der Waals surface area contributed by atoms with E-state index in [1.54, 1.807) is 42.5 Å². The number of fused-ring (bicyclic) bond motifs is 3. The Bertz CT molecular complexity index is 1350. The fourth-order valence-corrected chi connectivity index (χ4v) is 7.76. The summed E-state index contributed by atoms with van der Waals surface area (Å²) in [6.07, 6.45) is 1.71. The molecular formula is C28H25NO6S. The maximum atomic E-state index is 14.2. The standard InChI is InChI=1S/C28H25NO6S/c1-33-27(30)29-22-17-18-23(29)28(26(22)36(31,32)21-15-9-4-10-16-21)34-24(19-11-5-2-6-12-19)25(35-28)20-13-7-3-8-14-20/h2-18,22-26H,1H3/t22-,23+,24-,25-,26+/m1/s1. The Labute approximate surface area is 209 Å². The van der Waals surface area contributed by atoms with E-state index in [1.165, 1.54) is 12.0 Å². The summed E-state index contributed by atoms with van der Waals surface area (Å²) in [6.45, 7) is 0. The van der Waals surface area contributed by atoms with Gasteiger partial charge in [-0.25, -0.2) is 13.2 Å². The molecular weight excluding hydrogens is 478 g/mol. The zero-order chi connectivity index (χ0) is 24.9. The van der Waals surface area contributed by atoms with Gasteiger partial charge in [-0.2, -0.15) is 0 Å². The summed E-state index contributed by atoms with van der Waals surface area (Å²) >= 11 is 0. The van der Waals surface area contributed by atoms with Crippen LogP contribution in [0.5, 0.6) is 0 Å². The highest BCUT2D eigenvalue weighted by molar-refractivity contribution is 7.92. The molecule has 3 aliphatic rings. The first-order valence-electron chi connectivity index (χ1n) is 11.8.